The zero-order chi connectivity index (χ0) is 30.3. The molecule has 12 atom stereocenters. The van der Waals surface area contributed by atoms with Gasteiger partial charge < -0.3 is 14.6 Å². The molecule has 0 aliphatic heterocycles. The van der Waals surface area contributed by atoms with Crippen LogP contribution in [0.15, 0.2) is 24.3 Å². The van der Waals surface area contributed by atoms with Gasteiger partial charge in [0.1, 0.15) is 6.10 Å². The van der Waals surface area contributed by atoms with Crippen molar-refractivity contribution < 1.29 is 33.8 Å². The second-order valence-corrected chi connectivity index (χ2v) is 14.7. The van der Waals surface area contributed by atoms with Crippen LogP contribution in [0.4, 0.5) is 0 Å². The Labute approximate surface area is 244 Å². The van der Waals surface area contributed by atoms with Crippen molar-refractivity contribution >= 4 is 23.5 Å². The number of Topliss-reactive ketones (excluding diaryl/α,β-unsaturated/α-hetero) is 1. The Kier molecular flexibility index (Phi) is 7.28. The van der Waals surface area contributed by atoms with Gasteiger partial charge in [0, 0.05) is 44.1 Å². The fourth-order valence-electron chi connectivity index (χ4n) is 10.9. The summed E-state index contributed by atoms with van der Waals surface area (Å²) in [5.74, 6) is -1.31. The predicted octanol–water partition coefficient (Wildman–Crippen LogP) is 5.24. The van der Waals surface area contributed by atoms with E-state index in [9.17, 15) is 24.3 Å². The Hall–Kier alpha value is -2.28. The van der Waals surface area contributed by atoms with Crippen LogP contribution in [0.25, 0.3) is 0 Å². The lowest BCUT2D eigenvalue weighted by molar-refractivity contribution is -0.166. The number of hydrogen-bond donors (Lipinski definition) is 1. The lowest BCUT2D eigenvalue weighted by Crippen LogP contribution is -2.56. The van der Waals surface area contributed by atoms with E-state index in [1.54, 1.807) is 6.92 Å². The lowest BCUT2D eigenvalue weighted by Gasteiger charge is -2.61. The standard InChI is InChI=1S/C34H48O7/c1-18(16-35)19(2)29(39)30(41-23(6)37)21(4)28-26(40-22(5)36)15-32(8)27-10-9-24-20(3)25(38)11-12-33(24)17-34(27,33)14-13-31(28,32)7/h11-12,18,20-21,24,26-28,30,35H,2,9-10,13-17H2,1,3-8H3/t18-,20-,21-,24-,26-,27-,28-,30+,31+,32-,33+,34-/m0/s1. The molecule has 226 valence electrons. The quantitative estimate of drug-likeness (QED) is 0.315. The molecule has 5 aliphatic carbocycles. The van der Waals surface area contributed by atoms with Crippen molar-refractivity contribution in [2.24, 2.45) is 57.2 Å². The molecule has 0 saturated heterocycles. The highest BCUT2D eigenvalue weighted by Crippen LogP contribution is 2.87. The monoisotopic (exact) mass is 568 g/mol. The van der Waals surface area contributed by atoms with Crippen LogP contribution >= 0.6 is 0 Å². The third-order valence-corrected chi connectivity index (χ3v) is 13.1. The van der Waals surface area contributed by atoms with Gasteiger partial charge in [-0.1, -0.05) is 47.3 Å². The molecule has 4 saturated carbocycles. The van der Waals surface area contributed by atoms with E-state index in [1.165, 1.54) is 13.8 Å². The van der Waals surface area contributed by atoms with Gasteiger partial charge in [-0.2, -0.15) is 0 Å². The first-order chi connectivity index (χ1) is 19.1. The molecule has 0 amide bonds. The Bertz CT molecular complexity index is 1200. The second-order valence-electron chi connectivity index (χ2n) is 14.7. The van der Waals surface area contributed by atoms with Crippen molar-refractivity contribution in [2.45, 2.75) is 99.2 Å². The molecule has 0 unspecified atom stereocenters. The number of ketones is 2. The summed E-state index contributed by atoms with van der Waals surface area (Å²) in [6.45, 7) is 16.9. The van der Waals surface area contributed by atoms with E-state index < -0.39 is 30.0 Å². The number of hydrogen-bond acceptors (Lipinski definition) is 7. The van der Waals surface area contributed by atoms with Crippen molar-refractivity contribution in [1.82, 2.24) is 0 Å². The first kappa shape index (κ1) is 30.2. The van der Waals surface area contributed by atoms with Crippen molar-refractivity contribution in [3.8, 4) is 0 Å². The highest BCUT2D eigenvalue weighted by atomic mass is 16.6. The van der Waals surface area contributed by atoms with Gasteiger partial charge in [0.2, 0.25) is 0 Å². The number of rotatable bonds is 8. The summed E-state index contributed by atoms with van der Waals surface area (Å²) in [5, 5.41) is 9.69. The fraction of sp³-hybridized carbons (Fsp3) is 0.765. The maximum absolute atomic E-state index is 13.7. The molecule has 1 N–H and O–H groups in total. The minimum atomic E-state index is -1.08. The lowest BCUT2D eigenvalue weighted by atomic mass is 9.43. The van der Waals surface area contributed by atoms with Crippen molar-refractivity contribution in [2.75, 3.05) is 6.61 Å². The molecule has 0 aromatic rings. The Morgan fingerprint density at radius 1 is 1.10 bits per heavy atom. The van der Waals surface area contributed by atoms with Gasteiger partial charge in [0.25, 0.3) is 0 Å². The zero-order valence-corrected chi connectivity index (χ0v) is 25.8. The van der Waals surface area contributed by atoms with E-state index in [0.717, 1.165) is 32.1 Å². The highest BCUT2D eigenvalue weighted by molar-refractivity contribution is 5.99. The van der Waals surface area contributed by atoms with E-state index in [0.29, 0.717) is 18.3 Å². The van der Waals surface area contributed by atoms with E-state index in [1.807, 2.05) is 13.0 Å². The number of fused-ring (bicyclic) bond motifs is 2. The van der Waals surface area contributed by atoms with E-state index in [-0.39, 0.29) is 63.2 Å². The highest BCUT2D eigenvalue weighted by Gasteiger charge is 2.81. The number of allylic oxidation sites excluding steroid dienone is 2. The SMILES string of the molecule is C=C(C(=O)[C@H](OC(C)=O)[C@@H](C)[C@H]1[C@@H](OC(C)=O)C[C@@]2(C)[C@@H]3CC[C@H]4[C@H](C)C(=O)C=C[C@@]45C[C@@]35CC[C@]12C)[C@@H](C)CO. The number of carbonyl (C=O) groups excluding carboxylic acids is 4. The number of esters is 2. The third-order valence-electron chi connectivity index (χ3n) is 13.1. The van der Waals surface area contributed by atoms with Gasteiger partial charge >= 0.3 is 11.9 Å². The Balaban J connectivity index is 1.54. The van der Waals surface area contributed by atoms with Gasteiger partial charge in [-0.3, -0.25) is 19.2 Å². The van der Waals surface area contributed by atoms with E-state index >= 15 is 0 Å². The third kappa shape index (κ3) is 4.07. The molecule has 0 aromatic carbocycles. The molecule has 0 bridgehead atoms. The van der Waals surface area contributed by atoms with Crippen LogP contribution in [0.5, 0.6) is 0 Å². The van der Waals surface area contributed by atoms with Crippen molar-refractivity contribution in [1.29, 1.82) is 0 Å². The fourth-order valence-corrected chi connectivity index (χ4v) is 10.9. The molecular weight excluding hydrogens is 520 g/mol. The van der Waals surface area contributed by atoms with Gasteiger partial charge in [-0.05, 0) is 83.7 Å². The van der Waals surface area contributed by atoms with E-state index in [2.05, 4.69) is 33.4 Å². The van der Waals surface area contributed by atoms with Crippen LogP contribution in [0.1, 0.15) is 87.0 Å². The number of carbonyl (C=O) groups is 4. The molecule has 0 heterocycles. The molecular formula is C34H48O7. The molecule has 41 heavy (non-hydrogen) atoms. The predicted molar refractivity (Wildman–Crippen MR) is 153 cm³/mol. The molecule has 2 spiro atoms. The summed E-state index contributed by atoms with van der Waals surface area (Å²) in [6, 6.07) is 0. The van der Waals surface area contributed by atoms with E-state index in [4.69, 9.17) is 9.47 Å². The summed E-state index contributed by atoms with van der Waals surface area (Å²) in [5.41, 5.74) is -0.000337. The number of aliphatic hydroxyl groups is 1. The maximum atomic E-state index is 13.7. The average molecular weight is 569 g/mol. The number of ether oxygens (including phenoxy) is 2. The van der Waals surface area contributed by atoms with Crippen LogP contribution in [0.3, 0.4) is 0 Å². The Morgan fingerprint density at radius 2 is 1.78 bits per heavy atom. The van der Waals surface area contributed by atoms with Crippen LogP contribution in [0.2, 0.25) is 0 Å². The summed E-state index contributed by atoms with van der Waals surface area (Å²) < 4.78 is 11.8. The second kappa shape index (κ2) is 9.89. The molecule has 4 fully saturated rings. The van der Waals surface area contributed by atoms with Crippen LogP contribution in [-0.4, -0.2) is 47.4 Å². The summed E-state index contributed by atoms with van der Waals surface area (Å²) in [4.78, 5) is 51.1. The topological polar surface area (TPSA) is 107 Å². The smallest absolute Gasteiger partial charge is 0.303 e. The number of aliphatic hydroxyl groups excluding tert-OH is 1. The summed E-state index contributed by atoms with van der Waals surface area (Å²) in [6.07, 6.45) is 8.38. The molecule has 7 nitrogen and oxygen atoms in total. The Morgan fingerprint density at radius 3 is 2.39 bits per heavy atom. The minimum absolute atomic E-state index is 0.0523. The average Bonchev–Trinajstić information content (AvgIpc) is 3.52. The van der Waals surface area contributed by atoms with Crippen molar-refractivity contribution in [3.63, 3.8) is 0 Å². The largest absolute Gasteiger partial charge is 0.462 e. The summed E-state index contributed by atoms with van der Waals surface area (Å²) in [7, 11) is 0. The summed E-state index contributed by atoms with van der Waals surface area (Å²) >= 11 is 0. The van der Waals surface area contributed by atoms with Crippen LogP contribution in [0, 0.1) is 57.2 Å². The molecule has 7 heteroatoms. The molecule has 0 radical (unpaired) electrons. The first-order valence-electron chi connectivity index (χ1n) is 15.5. The molecule has 0 aromatic heterocycles. The molecule has 5 rings (SSSR count). The van der Waals surface area contributed by atoms with Crippen LogP contribution in [-0.2, 0) is 28.7 Å². The zero-order valence-electron chi connectivity index (χ0n) is 25.8. The van der Waals surface area contributed by atoms with Crippen molar-refractivity contribution in [3.05, 3.63) is 24.3 Å². The van der Waals surface area contributed by atoms with Crippen LogP contribution < -0.4 is 0 Å². The van der Waals surface area contributed by atoms with Gasteiger partial charge in [-0.15, -0.1) is 0 Å². The van der Waals surface area contributed by atoms with Gasteiger partial charge in [-0.25, -0.2) is 0 Å². The first-order valence-corrected chi connectivity index (χ1v) is 15.5. The minimum Gasteiger partial charge on any atom is -0.462 e. The normalized spacial score (nSPS) is 44.3. The van der Waals surface area contributed by atoms with Gasteiger partial charge in [0.05, 0.1) is 0 Å². The molecule has 5 aliphatic rings. The maximum Gasteiger partial charge on any atom is 0.303 e. The van der Waals surface area contributed by atoms with Gasteiger partial charge in [0.15, 0.2) is 17.7 Å².